The molecule has 1 aliphatic rings. The molecule has 1 aliphatic carbocycles. The molecule has 0 radical (unpaired) electrons. The van der Waals surface area contributed by atoms with Crippen molar-refractivity contribution >= 4 is 0 Å². The standard InChI is InChI=1S/C17H27N/c1-12-5-8-16(9-6-12)15(4)18-17-10-7-13(2)14(3)11-17/h5-6,8-9,13-15,17-18H,7,10-11H2,1-4H3. The number of nitrogens with one attached hydrogen (secondary N) is 1. The first-order chi connectivity index (χ1) is 8.56. The molecule has 100 valence electrons. The van der Waals surface area contributed by atoms with Gasteiger partial charge in [0.05, 0.1) is 0 Å². The summed E-state index contributed by atoms with van der Waals surface area (Å²) in [6, 6.07) is 10.1. The summed E-state index contributed by atoms with van der Waals surface area (Å²) >= 11 is 0. The van der Waals surface area contributed by atoms with Gasteiger partial charge < -0.3 is 5.32 Å². The Balaban J connectivity index is 1.91. The number of hydrogen-bond acceptors (Lipinski definition) is 1. The van der Waals surface area contributed by atoms with Crippen molar-refractivity contribution in [1.29, 1.82) is 0 Å². The highest BCUT2D eigenvalue weighted by Crippen LogP contribution is 2.30. The monoisotopic (exact) mass is 245 g/mol. The third-order valence-corrected chi connectivity index (χ3v) is 4.66. The predicted octanol–water partition coefficient (Wildman–Crippen LogP) is 4.47. The van der Waals surface area contributed by atoms with Crippen molar-refractivity contribution in [2.45, 2.75) is 59.0 Å². The van der Waals surface area contributed by atoms with Crippen LogP contribution in [0.5, 0.6) is 0 Å². The molecule has 1 heteroatoms. The van der Waals surface area contributed by atoms with Crippen molar-refractivity contribution in [3.63, 3.8) is 0 Å². The fraction of sp³-hybridized carbons (Fsp3) is 0.647. The Kier molecular flexibility index (Phi) is 4.45. The van der Waals surface area contributed by atoms with Crippen molar-refractivity contribution < 1.29 is 0 Å². The summed E-state index contributed by atoms with van der Waals surface area (Å²) in [6.07, 6.45) is 4.04. The van der Waals surface area contributed by atoms with E-state index in [1.54, 1.807) is 0 Å². The molecule has 1 saturated carbocycles. The molecule has 0 bridgehead atoms. The summed E-state index contributed by atoms with van der Waals surface area (Å²) in [5.41, 5.74) is 2.75. The second kappa shape index (κ2) is 5.88. The van der Waals surface area contributed by atoms with Crippen LogP contribution in [-0.4, -0.2) is 6.04 Å². The molecule has 1 aromatic carbocycles. The zero-order valence-corrected chi connectivity index (χ0v) is 12.2. The highest BCUT2D eigenvalue weighted by Gasteiger charge is 2.25. The Hall–Kier alpha value is -0.820. The quantitative estimate of drug-likeness (QED) is 0.828. The van der Waals surface area contributed by atoms with Crippen LogP contribution in [0.25, 0.3) is 0 Å². The Bertz CT molecular complexity index is 368. The smallest absolute Gasteiger partial charge is 0.0294 e. The lowest BCUT2D eigenvalue weighted by atomic mass is 9.79. The van der Waals surface area contributed by atoms with Gasteiger partial charge in [-0.05, 0) is 50.5 Å². The molecule has 0 saturated heterocycles. The molecule has 18 heavy (non-hydrogen) atoms. The van der Waals surface area contributed by atoms with E-state index >= 15 is 0 Å². The largest absolute Gasteiger partial charge is 0.307 e. The highest BCUT2D eigenvalue weighted by molar-refractivity contribution is 5.23. The number of aryl methyl sites for hydroxylation is 1. The van der Waals surface area contributed by atoms with Crippen LogP contribution in [0.4, 0.5) is 0 Å². The van der Waals surface area contributed by atoms with E-state index < -0.39 is 0 Å². The average molecular weight is 245 g/mol. The molecular formula is C17H27N. The topological polar surface area (TPSA) is 12.0 Å². The fourth-order valence-corrected chi connectivity index (χ4v) is 3.00. The molecule has 4 unspecified atom stereocenters. The van der Waals surface area contributed by atoms with Crippen molar-refractivity contribution in [3.05, 3.63) is 35.4 Å². The second-order valence-corrected chi connectivity index (χ2v) is 6.26. The van der Waals surface area contributed by atoms with Crippen molar-refractivity contribution in [2.75, 3.05) is 0 Å². The SMILES string of the molecule is Cc1ccc(C(C)NC2CCC(C)C(C)C2)cc1. The Labute approximate surface area is 112 Å². The Morgan fingerprint density at radius 3 is 2.33 bits per heavy atom. The van der Waals surface area contributed by atoms with Crippen LogP contribution in [-0.2, 0) is 0 Å². The van der Waals surface area contributed by atoms with Crippen molar-refractivity contribution in [1.82, 2.24) is 5.32 Å². The van der Waals surface area contributed by atoms with Gasteiger partial charge in [-0.2, -0.15) is 0 Å². The zero-order valence-electron chi connectivity index (χ0n) is 12.2. The van der Waals surface area contributed by atoms with E-state index in [2.05, 4.69) is 57.3 Å². The normalized spacial score (nSPS) is 30.1. The molecular weight excluding hydrogens is 218 g/mol. The lowest BCUT2D eigenvalue weighted by Gasteiger charge is -2.34. The van der Waals surface area contributed by atoms with Gasteiger partial charge in [0, 0.05) is 12.1 Å². The molecule has 0 aromatic heterocycles. The minimum absolute atomic E-state index is 0.469. The maximum atomic E-state index is 3.81. The number of hydrogen-bond donors (Lipinski definition) is 1. The first-order valence-corrected chi connectivity index (χ1v) is 7.39. The van der Waals surface area contributed by atoms with Gasteiger partial charge in [-0.3, -0.25) is 0 Å². The van der Waals surface area contributed by atoms with Gasteiger partial charge in [0.1, 0.15) is 0 Å². The molecule has 0 aliphatic heterocycles. The van der Waals surface area contributed by atoms with Crippen LogP contribution in [0.15, 0.2) is 24.3 Å². The average Bonchev–Trinajstić information content (AvgIpc) is 2.34. The summed E-state index contributed by atoms with van der Waals surface area (Å²) < 4.78 is 0. The van der Waals surface area contributed by atoms with Gasteiger partial charge in [0.2, 0.25) is 0 Å². The minimum Gasteiger partial charge on any atom is -0.307 e. The van der Waals surface area contributed by atoms with Crippen molar-refractivity contribution in [3.8, 4) is 0 Å². The maximum Gasteiger partial charge on any atom is 0.0294 e. The van der Waals surface area contributed by atoms with Gasteiger partial charge >= 0.3 is 0 Å². The van der Waals surface area contributed by atoms with Crippen LogP contribution in [0.1, 0.15) is 57.2 Å². The van der Waals surface area contributed by atoms with Gasteiger partial charge in [-0.15, -0.1) is 0 Å². The third kappa shape index (κ3) is 3.35. The minimum atomic E-state index is 0.469. The van der Waals surface area contributed by atoms with Crippen LogP contribution < -0.4 is 5.32 Å². The van der Waals surface area contributed by atoms with Crippen LogP contribution >= 0.6 is 0 Å². The lowest BCUT2D eigenvalue weighted by molar-refractivity contribution is 0.217. The number of benzene rings is 1. The lowest BCUT2D eigenvalue weighted by Crippen LogP contribution is -2.37. The first kappa shape index (κ1) is 13.6. The molecule has 0 heterocycles. The summed E-state index contributed by atoms with van der Waals surface area (Å²) in [5, 5.41) is 3.81. The van der Waals surface area contributed by atoms with Crippen LogP contribution in [0.3, 0.4) is 0 Å². The zero-order chi connectivity index (χ0) is 13.1. The summed E-state index contributed by atoms with van der Waals surface area (Å²) in [5.74, 6) is 1.76. The van der Waals surface area contributed by atoms with E-state index in [9.17, 15) is 0 Å². The molecule has 1 N–H and O–H groups in total. The highest BCUT2D eigenvalue weighted by atomic mass is 14.9. The van der Waals surface area contributed by atoms with E-state index in [-0.39, 0.29) is 0 Å². The summed E-state index contributed by atoms with van der Waals surface area (Å²) in [4.78, 5) is 0. The molecule has 1 aromatic rings. The third-order valence-electron chi connectivity index (χ3n) is 4.66. The van der Waals surface area contributed by atoms with Gasteiger partial charge in [0.25, 0.3) is 0 Å². The van der Waals surface area contributed by atoms with E-state index in [0.717, 1.165) is 11.8 Å². The van der Waals surface area contributed by atoms with Crippen LogP contribution in [0, 0.1) is 18.8 Å². The molecule has 0 amide bonds. The first-order valence-electron chi connectivity index (χ1n) is 7.39. The molecule has 1 nitrogen and oxygen atoms in total. The Morgan fingerprint density at radius 1 is 1.06 bits per heavy atom. The maximum absolute atomic E-state index is 3.81. The van der Waals surface area contributed by atoms with E-state index in [1.807, 2.05) is 0 Å². The fourth-order valence-electron chi connectivity index (χ4n) is 3.00. The van der Waals surface area contributed by atoms with E-state index in [0.29, 0.717) is 12.1 Å². The molecule has 4 atom stereocenters. The summed E-state index contributed by atoms with van der Waals surface area (Å²) in [7, 11) is 0. The van der Waals surface area contributed by atoms with Crippen LogP contribution in [0.2, 0.25) is 0 Å². The van der Waals surface area contributed by atoms with Gasteiger partial charge in [-0.25, -0.2) is 0 Å². The molecule has 1 fully saturated rings. The molecule has 2 rings (SSSR count). The predicted molar refractivity (Wildman–Crippen MR) is 78.7 cm³/mol. The second-order valence-electron chi connectivity index (χ2n) is 6.26. The molecule has 0 spiro atoms. The Morgan fingerprint density at radius 2 is 1.72 bits per heavy atom. The van der Waals surface area contributed by atoms with E-state index in [4.69, 9.17) is 0 Å². The number of rotatable bonds is 3. The summed E-state index contributed by atoms with van der Waals surface area (Å²) in [6.45, 7) is 9.22. The van der Waals surface area contributed by atoms with E-state index in [1.165, 1.54) is 30.4 Å². The van der Waals surface area contributed by atoms with Crippen molar-refractivity contribution in [2.24, 2.45) is 11.8 Å². The van der Waals surface area contributed by atoms with Gasteiger partial charge in [0.15, 0.2) is 0 Å². The van der Waals surface area contributed by atoms with Gasteiger partial charge in [-0.1, -0.05) is 43.7 Å².